The number of rotatable bonds is 1. The van der Waals surface area contributed by atoms with Crippen LogP contribution in [0.1, 0.15) is 0 Å². The Hall–Kier alpha value is -1.16. The van der Waals surface area contributed by atoms with Gasteiger partial charge in [-0.25, -0.2) is 0 Å². The molecule has 50 valence electrons. The van der Waals surface area contributed by atoms with Gasteiger partial charge in [-0.1, -0.05) is 0 Å². The Morgan fingerprint density at radius 1 is 1.60 bits per heavy atom. The third-order valence-corrected chi connectivity index (χ3v) is 1.93. The van der Waals surface area contributed by atoms with E-state index in [-0.39, 0.29) is 0 Å². The number of nitrogens with one attached hydrogen (secondary N) is 1. The summed E-state index contributed by atoms with van der Waals surface area (Å²) < 4.78 is 5.92. The molecule has 0 unspecified atom stereocenters. The minimum atomic E-state index is 1.06. The van der Waals surface area contributed by atoms with Crippen LogP contribution >= 0.6 is 11.7 Å². The van der Waals surface area contributed by atoms with Crippen molar-refractivity contribution in [1.82, 2.24) is 9.36 Å². The third-order valence-electron chi connectivity index (χ3n) is 1.22. The van der Waals surface area contributed by atoms with Crippen LogP contribution in [0.5, 0.6) is 0 Å². The summed E-state index contributed by atoms with van der Waals surface area (Å²) in [7, 11) is 0. The van der Waals surface area contributed by atoms with Crippen molar-refractivity contribution in [1.29, 1.82) is 0 Å². The largest absolute Gasteiger partial charge is 0.279 e. The van der Waals surface area contributed by atoms with Crippen LogP contribution in [0.3, 0.4) is 0 Å². The van der Waals surface area contributed by atoms with Gasteiger partial charge in [0.05, 0.1) is 6.20 Å². The molecule has 2 aromatic rings. The maximum Gasteiger partial charge on any atom is 0.240 e. The molecule has 0 saturated heterocycles. The number of aromatic nitrogens is 3. The average Bonchev–Trinajstić information content (AvgIpc) is 2.59. The second-order valence-electron chi connectivity index (χ2n) is 1.87. The van der Waals surface area contributed by atoms with Crippen molar-refractivity contribution in [2.24, 2.45) is 0 Å². The maximum absolute atomic E-state index is 3.96. The van der Waals surface area contributed by atoms with E-state index in [2.05, 4.69) is 9.36 Å². The highest BCUT2D eigenvalue weighted by Crippen LogP contribution is 1.93. The van der Waals surface area contributed by atoms with Gasteiger partial charge in [0.15, 0.2) is 0 Å². The lowest BCUT2D eigenvalue weighted by atomic mass is 10.6. The second-order valence-corrected chi connectivity index (χ2v) is 2.63. The van der Waals surface area contributed by atoms with Crippen molar-refractivity contribution in [2.45, 2.75) is 0 Å². The maximum atomic E-state index is 3.96. The molecule has 0 bridgehead atoms. The minimum absolute atomic E-state index is 1.06. The van der Waals surface area contributed by atoms with E-state index in [1.807, 2.05) is 28.5 Å². The van der Waals surface area contributed by atoms with Gasteiger partial charge in [0, 0.05) is 6.07 Å². The summed E-state index contributed by atoms with van der Waals surface area (Å²) in [5.41, 5.74) is 0. The normalized spacial score (nSPS) is 10.0. The highest BCUT2D eigenvalue weighted by Gasteiger charge is 2.01. The molecular formula is C6H6N3S+. The van der Waals surface area contributed by atoms with Crippen LogP contribution in [0.15, 0.2) is 30.7 Å². The van der Waals surface area contributed by atoms with Gasteiger partial charge in [-0.15, -0.1) is 3.96 Å². The molecule has 0 saturated carbocycles. The second kappa shape index (κ2) is 2.22. The lowest BCUT2D eigenvalue weighted by Crippen LogP contribution is -2.23. The summed E-state index contributed by atoms with van der Waals surface area (Å²) in [4.78, 5) is 3.07. The Labute approximate surface area is 62.3 Å². The molecule has 3 nitrogen and oxygen atoms in total. The van der Waals surface area contributed by atoms with Crippen molar-refractivity contribution >= 4 is 11.7 Å². The molecule has 0 fully saturated rings. The molecule has 0 radical (unpaired) electrons. The number of H-pyrrole nitrogens is 1. The molecule has 0 aliphatic heterocycles. The lowest BCUT2D eigenvalue weighted by Gasteiger charge is -1.82. The molecule has 2 rings (SSSR count). The highest BCUT2D eigenvalue weighted by molar-refractivity contribution is 6.94. The van der Waals surface area contributed by atoms with Gasteiger partial charge in [0.25, 0.3) is 0 Å². The zero-order chi connectivity index (χ0) is 6.81. The van der Waals surface area contributed by atoms with Crippen molar-refractivity contribution in [3.63, 3.8) is 0 Å². The van der Waals surface area contributed by atoms with Crippen molar-refractivity contribution in [3.8, 4) is 5.82 Å². The van der Waals surface area contributed by atoms with E-state index in [4.69, 9.17) is 0 Å². The van der Waals surface area contributed by atoms with Gasteiger partial charge >= 0.3 is 0 Å². The number of hydrogen-bond donors (Lipinski definition) is 1. The van der Waals surface area contributed by atoms with E-state index >= 15 is 0 Å². The van der Waals surface area contributed by atoms with Crippen molar-refractivity contribution in [3.05, 3.63) is 30.7 Å². The summed E-state index contributed by atoms with van der Waals surface area (Å²) in [6.45, 7) is 0. The average molecular weight is 152 g/mol. The van der Waals surface area contributed by atoms with E-state index in [1.165, 1.54) is 11.7 Å². The Morgan fingerprint density at radius 3 is 3.20 bits per heavy atom. The highest BCUT2D eigenvalue weighted by atomic mass is 32.1. The smallest absolute Gasteiger partial charge is 0.240 e. The number of aromatic amines is 1. The lowest BCUT2D eigenvalue weighted by molar-refractivity contribution is -0.524. The molecule has 0 atom stereocenters. The molecule has 0 amide bonds. The first-order valence-corrected chi connectivity index (χ1v) is 3.66. The Morgan fingerprint density at radius 2 is 2.60 bits per heavy atom. The van der Waals surface area contributed by atoms with Crippen molar-refractivity contribution in [2.75, 3.05) is 0 Å². The summed E-state index contributed by atoms with van der Waals surface area (Å²) >= 11 is 1.42. The standard InChI is InChI=1S/C6H6N3S/c1-2-6(7-3-1)9-5-4-8-10-9/h1-5,7H/q+1. The topological polar surface area (TPSA) is 32.6 Å². The van der Waals surface area contributed by atoms with Crippen molar-refractivity contribution < 1.29 is 3.96 Å². The molecular weight excluding hydrogens is 146 g/mol. The van der Waals surface area contributed by atoms with Gasteiger partial charge in [-0.05, 0) is 10.4 Å². The molecule has 1 N–H and O–H groups in total. The molecule has 0 aliphatic rings. The number of nitrogens with zero attached hydrogens (tertiary/aromatic N) is 2. The fourth-order valence-electron chi connectivity index (χ4n) is 0.775. The Kier molecular flexibility index (Phi) is 1.25. The molecule has 2 aromatic heterocycles. The quantitative estimate of drug-likeness (QED) is 0.601. The Bertz CT molecular complexity index is 252. The Balaban J connectivity index is 2.48. The van der Waals surface area contributed by atoms with Gasteiger partial charge in [-0.3, -0.25) is 4.98 Å². The predicted octanol–water partition coefficient (Wildman–Crippen LogP) is 0.748. The monoisotopic (exact) mass is 152 g/mol. The summed E-state index contributed by atoms with van der Waals surface area (Å²) in [5.74, 6) is 1.06. The van der Waals surface area contributed by atoms with Gasteiger partial charge < -0.3 is 0 Å². The van der Waals surface area contributed by atoms with Crippen LogP contribution < -0.4 is 3.96 Å². The van der Waals surface area contributed by atoms with E-state index in [0.29, 0.717) is 0 Å². The van der Waals surface area contributed by atoms with Crippen LogP contribution in [0.2, 0.25) is 0 Å². The summed E-state index contributed by atoms with van der Waals surface area (Å²) in [5, 5.41) is 0. The van der Waals surface area contributed by atoms with E-state index in [1.54, 1.807) is 6.20 Å². The summed E-state index contributed by atoms with van der Waals surface area (Å²) in [6, 6.07) is 3.96. The molecule has 2 heterocycles. The van der Waals surface area contributed by atoms with Gasteiger partial charge in [-0.2, -0.15) is 0 Å². The van der Waals surface area contributed by atoms with Crippen LogP contribution in [-0.4, -0.2) is 9.36 Å². The van der Waals surface area contributed by atoms with E-state index in [0.717, 1.165) is 5.82 Å². The van der Waals surface area contributed by atoms with Crippen LogP contribution in [0.4, 0.5) is 0 Å². The zero-order valence-electron chi connectivity index (χ0n) is 5.19. The molecule has 0 spiro atoms. The molecule has 0 aromatic carbocycles. The zero-order valence-corrected chi connectivity index (χ0v) is 6.01. The van der Waals surface area contributed by atoms with Gasteiger partial charge in [0.1, 0.15) is 12.4 Å². The summed E-state index contributed by atoms with van der Waals surface area (Å²) in [6.07, 6.45) is 5.57. The molecule has 0 aliphatic carbocycles. The SMILES string of the molecule is c1c[nH]c(-[n+]2ccns2)c1. The van der Waals surface area contributed by atoms with Crippen LogP contribution in [0, 0.1) is 0 Å². The van der Waals surface area contributed by atoms with Crippen LogP contribution in [-0.2, 0) is 0 Å². The fraction of sp³-hybridized carbons (Fsp3) is 0. The first-order valence-electron chi connectivity index (χ1n) is 2.93. The first-order chi connectivity index (χ1) is 4.97. The van der Waals surface area contributed by atoms with Crippen LogP contribution in [0.25, 0.3) is 5.82 Å². The first kappa shape index (κ1) is 5.61. The number of hydrogen-bond acceptors (Lipinski definition) is 2. The predicted molar refractivity (Wildman–Crippen MR) is 38.0 cm³/mol. The molecule has 4 heteroatoms. The van der Waals surface area contributed by atoms with Gasteiger partial charge in [0.2, 0.25) is 17.5 Å². The molecule has 10 heavy (non-hydrogen) atoms. The fourth-order valence-corrected chi connectivity index (χ4v) is 1.30. The third kappa shape index (κ3) is 0.823. The van der Waals surface area contributed by atoms with E-state index < -0.39 is 0 Å². The van der Waals surface area contributed by atoms with E-state index in [9.17, 15) is 0 Å². The minimum Gasteiger partial charge on any atom is -0.279 e.